The van der Waals surface area contributed by atoms with Crippen molar-refractivity contribution in [3.63, 3.8) is 0 Å². The summed E-state index contributed by atoms with van der Waals surface area (Å²) in [6.45, 7) is 3.89. The second-order valence-electron chi connectivity index (χ2n) is 6.20. The molecule has 1 atom stereocenters. The van der Waals surface area contributed by atoms with Gasteiger partial charge in [-0.25, -0.2) is 12.8 Å². The minimum absolute atomic E-state index is 0.0482. The number of carbonyl (C=O) groups is 1. The monoisotopic (exact) mass is 362 g/mol. The lowest BCUT2D eigenvalue weighted by molar-refractivity contribution is -0.118. The van der Waals surface area contributed by atoms with Gasteiger partial charge >= 0.3 is 0 Å². The van der Waals surface area contributed by atoms with Gasteiger partial charge in [-0.3, -0.25) is 4.79 Å². The molecule has 1 aliphatic rings. The van der Waals surface area contributed by atoms with Crippen LogP contribution in [-0.4, -0.2) is 26.9 Å². The van der Waals surface area contributed by atoms with E-state index in [-0.39, 0.29) is 16.4 Å². The maximum absolute atomic E-state index is 13.3. The number of sulfonamides is 1. The minimum Gasteiger partial charge on any atom is -0.311 e. The lowest BCUT2D eigenvalue weighted by Crippen LogP contribution is -2.41. The molecule has 2 aromatic carbocycles. The predicted octanol–water partition coefficient (Wildman–Crippen LogP) is 2.53. The van der Waals surface area contributed by atoms with Crippen LogP contribution in [0.4, 0.5) is 10.1 Å². The molecule has 0 saturated carbocycles. The molecule has 2 aromatic rings. The summed E-state index contributed by atoms with van der Waals surface area (Å²) in [6.07, 6.45) is 0.381. The lowest BCUT2D eigenvalue weighted by atomic mass is 10.2. The van der Waals surface area contributed by atoms with Crippen LogP contribution in [0.15, 0.2) is 47.4 Å². The van der Waals surface area contributed by atoms with Crippen LogP contribution in [-0.2, 0) is 14.8 Å². The van der Waals surface area contributed by atoms with Gasteiger partial charge < -0.3 is 4.90 Å². The highest BCUT2D eigenvalue weighted by Crippen LogP contribution is 2.23. The van der Waals surface area contributed by atoms with Crippen LogP contribution in [0.3, 0.4) is 0 Å². The molecule has 1 aliphatic heterocycles. The molecule has 0 bridgehead atoms. The summed E-state index contributed by atoms with van der Waals surface area (Å²) in [6, 6.07) is 10.2. The standard InChI is InChI=1S/C18H19FN2O3S/c1-12-3-5-14(6-4-12)21-10-9-17(18(21)22)20-25(23,24)15-7-8-16(19)13(2)11-15/h3-8,11,17,20H,9-10H2,1-2H3. The molecule has 1 unspecified atom stereocenters. The molecule has 7 heteroatoms. The van der Waals surface area contributed by atoms with Crippen molar-refractivity contribution in [2.45, 2.75) is 31.2 Å². The Kier molecular flexibility index (Phi) is 4.62. The second-order valence-corrected chi connectivity index (χ2v) is 7.91. The topological polar surface area (TPSA) is 66.5 Å². The van der Waals surface area contributed by atoms with E-state index in [1.165, 1.54) is 19.1 Å². The fraction of sp³-hybridized carbons (Fsp3) is 0.278. The summed E-state index contributed by atoms with van der Waals surface area (Å²) >= 11 is 0. The Balaban J connectivity index is 1.78. The van der Waals surface area contributed by atoms with Crippen molar-refractivity contribution in [3.8, 4) is 0 Å². The van der Waals surface area contributed by atoms with E-state index in [9.17, 15) is 17.6 Å². The Labute approximate surface area is 146 Å². The third kappa shape index (κ3) is 3.57. The zero-order chi connectivity index (χ0) is 18.2. The van der Waals surface area contributed by atoms with Crippen molar-refractivity contribution >= 4 is 21.6 Å². The average Bonchev–Trinajstić information content (AvgIpc) is 2.91. The Morgan fingerprint density at radius 3 is 2.44 bits per heavy atom. The van der Waals surface area contributed by atoms with E-state index in [2.05, 4.69) is 4.72 Å². The Bertz CT molecular complexity index is 910. The van der Waals surface area contributed by atoms with Gasteiger partial charge in [0.25, 0.3) is 0 Å². The molecule has 5 nitrogen and oxygen atoms in total. The number of hydrogen-bond donors (Lipinski definition) is 1. The quantitative estimate of drug-likeness (QED) is 0.909. The van der Waals surface area contributed by atoms with Crippen LogP contribution in [0.1, 0.15) is 17.5 Å². The number of aryl methyl sites for hydroxylation is 2. The summed E-state index contributed by atoms with van der Waals surface area (Å²) in [5, 5.41) is 0. The molecule has 132 valence electrons. The molecule has 0 aliphatic carbocycles. The van der Waals surface area contributed by atoms with Crippen molar-refractivity contribution in [2.24, 2.45) is 0 Å². The molecule has 3 rings (SSSR count). The maximum atomic E-state index is 13.3. The highest BCUT2D eigenvalue weighted by atomic mass is 32.2. The number of benzene rings is 2. The number of hydrogen-bond acceptors (Lipinski definition) is 3. The molecular weight excluding hydrogens is 343 g/mol. The number of anilines is 1. The van der Waals surface area contributed by atoms with E-state index in [0.717, 1.165) is 17.3 Å². The molecular formula is C18H19FN2O3S. The summed E-state index contributed by atoms with van der Waals surface area (Å²) < 4.78 is 40.7. The number of halogens is 1. The van der Waals surface area contributed by atoms with Gasteiger partial charge in [0.05, 0.1) is 4.90 Å². The first-order valence-electron chi connectivity index (χ1n) is 7.94. The van der Waals surface area contributed by atoms with Gasteiger partial charge in [-0.1, -0.05) is 17.7 Å². The van der Waals surface area contributed by atoms with E-state index < -0.39 is 21.9 Å². The van der Waals surface area contributed by atoms with Gasteiger partial charge in [-0.15, -0.1) is 0 Å². The maximum Gasteiger partial charge on any atom is 0.245 e. The first-order chi connectivity index (χ1) is 11.8. The van der Waals surface area contributed by atoms with Gasteiger partial charge in [-0.2, -0.15) is 4.72 Å². The molecule has 1 fully saturated rings. The van der Waals surface area contributed by atoms with E-state index in [1.807, 2.05) is 31.2 Å². The average molecular weight is 362 g/mol. The Hall–Kier alpha value is -2.25. The second kappa shape index (κ2) is 6.57. The highest BCUT2D eigenvalue weighted by molar-refractivity contribution is 7.89. The van der Waals surface area contributed by atoms with Crippen molar-refractivity contribution < 1.29 is 17.6 Å². The Morgan fingerprint density at radius 2 is 1.80 bits per heavy atom. The first-order valence-corrected chi connectivity index (χ1v) is 9.43. The van der Waals surface area contributed by atoms with Gasteiger partial charge in [0.2, 0.25) is 15.9 Å². The van der Waals surface area contributed by atoms with Crippen molar-refractivity contribution in [2.75, 3.05) is 11.4 Å². The van der Waals surface area contributed by atoms with Crippen molar-refractivity contribution in [3.05, 3.63) is 59.4 Å². The third-order valence-corrected chi connectivity index (χ3v) is 5.76. The summed E-state index contributed by atoms with van der Waals surface area (Å²) in [5.41, 5.74) is 2.07. The molecule has 1 saturated heterocycles. The van der Waals surface area contributed by atoms with Crippen molar-refractivity contribution in [1.82, 2.24) is 4.72 Å². The summed E-state index contributed by atoms with van der Waals surface area (Å²) in [7, 11) is -3.89. The molecule has 1 N–H and O–H groups in total. The molecule has 0 spiro atoms. The Morgan fingerprint density at radius 1 is 1.12 bits per heavy atom. The normalized spacial score (nSPS) is 18.0. The van der Waals surface area contributed by atoms with Gasteiger partial charge in [0.1, 0.15) is 11.9 Å². The van der Waals surface area contributed by atoms with E-state index >= 15 is 0 Å². The third-order valence-electron chi connectivity index (χ3n) is 4.29. The van der Waals surface area contributed by atoms with Crippen LogP contribution in [0.25, 0.3) is 0 Å². The zero-order valence-corrected chi connectivity index (χ0v) is 14.8. The number of amides is 1. The first kappa shape index (κ1) is 17.6. The molecule has 0 radical (unpaired) electrons. The smallest absolute Gasteiger partial charge is 0.245 e. The lowest BCUT2D eigenvalue weighted by Gasteiger charge is -2.17. The predicted molar refractivity (Wildman–Crippen MR) is 93.4 cm³/mol. The van der Waals surface area contributed by atoms with Crippen molar-refractivity contribution in [1.29, 1.82) is 0 Å². The molecule has 1 heterocycles. The van der Waals surface area contributed by atoms with Gasteiger partial charge in [0.15, 0.2) is 0 Å². The molecule has 25 heavy (non-hydrogen) atoms. The largest absolute Gasteiger partial charge is 0.311 e. The number of rotatable bonds is 4. The van der Waals surface area contributed by atoms with Crippen LogP contribution in [0, 0.1) is 19.7 Å². The van der Waals surface area contributed by atoms with Gasteiger partial charge in [0, 0.05) is 12.2 Å². The number of nitrogens with zero attached hydrogens (tertiary/aromatic N) is 1. The SMILES string of the molecule is Cc1ccc(N2CCC(NS(=O)(=O)c3ccc(F)c(C)c3)C2=O)cc1. The minimum atomic E-state index is -3.89. The fourth-order valence-corrected chi connectivity index (χ4v) is 4.12. The van der Waals surface area contributed by atoms with E-state index in [1.54, 1.807) is 4.90 Å². The molecule has 1 amide bonds. The van der Waals surface area contributed by atoms with Gasteiger partial charge in [-0.05, 0) is 56.2 Å². The highest BCUT2D eigenvalue weighted by Gasteiger charge is 2.35. The number of carbonyl (C=O) groups excluding carboxylic acids is 1. The fourth-order valence-electron chi connectivity index (χ4n) is 2.81. The van der Waals surface area contributed by atoms with Crippen LogP contribution in [0.5, 0.6) is 0 Å². The summed E-state index contributed by atoms with van der Waals surface area (Å²) in [5.74, 6) is -0.757. The van der Waals surface area contributed by atoms with Crippen LogP contribution < -0.4 is 9.62 Å². The van der Waals surface area contributed by atoms with E-state index in [4.69, 9.17) is 0 Å². The molecule has 0 aromatic heterocycles. The zero-order valence-electron chi connectivity index (χ0n) is 14.0. The van der Waals surface area contributed by atoms with Crippen LogP contribution >= 0.6 is 0 Å². The van der Waals surface area contributed by atoms with E-state index in [0.29, 0.717) is 13.0 Å². The number of nitrogens with one attached hydrogen (secondary N) is 1. The summed E-state index contributed by atoms with van der Waals surface area (Å²) in [4.78, 5) is 14.1. The van der Waals surface area contributed by atoms with Crippen LogP contribution in [0.2, 0.25) is 0 Å².